The van der Waals surface area contributed by atoms with Crippen LogP contribution in [0.2, 0.25) is 5.02 Å². The van der Waals surface area contributed by atoms with Crippen LogP contribution in [0, 0.1) is 6.92 Å². The maximum atomic E-state index is 12.5. The first-order valence-corrected chi connectivity index (χ1v) is 12.2. The largest absolute Gasteiger partial charge is 0.375 e. The van der Waals surface area contributed by atoms with E-state index in [0.717, 1.165) is 57.0 Å². The predicted molar refractivity (Wildman–Crippen MR) is 134 cm³/mol. The third kappa shape index (κ3) is 4.44. The van der Waals surface area contributed by atoms with E-state index in [2.05, 4.69) is 22.2 Å². The molecule has 0 radical (unpaired) electrons. The highest BCUT2D eigenvalue weighted by Crippen LogP contribution is 2.37. The SMILES string of the molecule is Cc1cc(Cl)cc(-c2ncnc3cc(Cn4c(=O)ccn(C)c4=O)sc23)c1CC1CNCCO1. The van der Waals surface area contributed by atoms with Crippen molar-refractivity contribution in [3.05, 3.63) is 78.7 Å². The summed E-state index contributed by atoms with van der Waals surface area (Å²) in [5, 5.41) is 4.03. The second-order valence-corrected chi connectivity index (χ2v) is 10.0. The number of hydrogen-bond donors (Lipinski definition) is 1. The zero-order valence-electron chi connectivity index (χ0n) is 18.9. The van der Waals surface area contributed by atoms with Crippen LogP contribution < -0.4 is 16.6 Å². The van der Waals surface area contributed by atoms with Gasteiger partial charge in [-0.3, -0.25) is 9.36 Å². The lowest BCUT2D eigenvalue weighted by molar-refractivity contribution is 0.0292. The molecule has 1 aromatic carbocycles. The number of rotatable bonds is 5. The summed E-state index contributed by atoms with van der Waals surface area (Å²) in [5.74, 6) is 0. The number of ether oxygens (including phenoxy) is 1. The van der Waals surface area contributed by atoms with Crippen molar-refractivity contribution in [3.8, 4) is 11.3 Å². The molecule has 5 rings (SSSR count). The van der Waals surface area contributed by atoms with Crippen molar-refractivity contribution < 1.29 is 4.74 Å². The fourth-order valence-electron chi connectivity index (χ4n) is 4.32. The van der Waals surface area contributed by atoms with Gasteiger partial charge in [0.2, 0.25) is 0 Å². The van der Waals surface area contributed by atoms with Crippen LogP contribution in [0.5, 0.6) is 0 Å². The Bertz CT molecular complexity index is 1490. The van der Waals surface area contributed by atoms with Crippen LogP contribution in [0.1, 0.15) is 16.0 Å². The Balaban J connectivity index is 1.59. The Morgan fingerprint density at radius 3 is 2.91 bits per heavy atom. The molecule has 176 valence electrons. The van der Waals surface area contributed by atoms with Gasteiger partial charge in [-0.1, -0.05) is 11.6 Å². The zero-order valence-corrected chi connectivity index (χ0v) is 20.4. The van der Waals surface area contributed by atoms with Gasteiger partial charge in [-0.2, -0.15) is 0 Å². The minimum Gasteiger partial charge on any atom is -0.375 e. The molecule has 1 aliphatic heterocycles. The first kappa shape index (κ1) is 22.9. The molecule has 4 aromatic rings. The molecule has 0 spiro atoms. The molecule has 1 aliphatic rings. The molecule has 1 atom stereocenters. The molecule has 1 saturated heterocycles. The second kappa shape index (κ2) is 9.42. The van der Waals surface area contributed by atoms with Crippen molar-refractivity contribution in [2.75, 3.05) is 19.7 Å². The Morgan fingerprint density at radius 1 is 1.26 bits per heavy atom. The molecule has 4 heterocycles. The number of nitrogens with zero attached hydrogens (tertiary/aromatic N) is 4. The monoisotopic (exact) mass is 497 g/mol. The highest BCUT2D eigenvalue weighted by molar-refractivity contribution is 7.19. The van der Waals surface area contributed by atoms with Gasteiger partial charge in [-0.25, -0.2) is 14.8 Å². The lowest BCUT2D eigenvalue weighted by Gasteiger charge is -2.25. The number of hydrogen-bond acceptors (Lipinski definition) is 7. The molecule has 0 bridgehead atoms. The first-order valence-electron chi connectivity index (χ1n) is 11.0. The molecule has 0 aliphatic carbocycles. The van der Waals surface area contributed by atoms with Crippen molar-refractivity contribution in [3.63, 3.8) is 0 Å². The number of nitrogens with one attached hydrogen (secondary N) is 1. The topological polar surface area (TPSA) is 91.0 Å². The van der Waals surface area contributed by atoms with Crippen molar-refractivity contribution in [1.82, 2.24) is 24.4 Å². The van der Waals surface area contributed by atoms with Crippen molar-refractivity contribution in [1.29, 1.82) is 0 Å². The van der Waals surface area contributed by atoms with E-state index in [9.17, 15) is 9.59 Å². The third-order valence-corrected chi connectivity index (χ3v) is 7.38. The Hall–Kier alpha value is -2.85. The Labute approximate surface area is 204 Å². The molecule has 1 N–H and O–H groups in total. The number of fused-ring (bicyclic) bond motifs is 1. The summed E-state index contributed by atoms with van der Waals surface area (Å²) in [6, 6.07) is 7.21. The van der Waals surface area contributed by atoms with E-state index >= 15 is 0 Å². The lowest BCUT2D eigenvalue weighted by atomic mass is 9.94. The lowest BCUT2D eigenvalue weighted by Crippen LogP contribution is -2.39. The smallest absolute Gasteiger partial charge is 0.331 e. The molecule has 1 fully saturated rings. The van der Waals surface area contributed by atoms with Crippen LogP contribution in [0.25, 0.3) is 21.5 Å². The predicted octanol–water partition coefficient (Wildman–Crippen LogP) is 2.76. The second-order valence-electron chi connectivity index (χ2n) is 8.43. The molecular formula is C24H24ClN5O3S. The number of benzene rings is 1. The van der Waals surface area contributed by atoms with Crippen molar-refractivity contribution >= 4 is 33.2 Å². The zero-order chi connectivity index (χ0) is 23.8. The van der Waals surface area contributed by atoms with Gasteiger partial charge < -0.3 is 14.6 Å². The molecule has 10 heteroatoms. The van der Waals surface area contributed by atoms with Crippen LogP contribution in [-0.2, 0) is 24.8 Å². The van der Waals surface area contributed by atoms with E-state index in [1.54, 1.807) is 13.4 Å². The summed E-state index contributed by atoms with van der Waals surface area (Å²) >= 11 is 7.95. The number of morpholine rings is 1. The fourth-order valence-corrected chi connectivity index (χ4v) is 5.70. The van der Waals surface area contributed by atoms with Gasteiger partial charge in [-0.15, -0.1) is 11.3 Å². The normalized spacial score (nSPS) is 16.3. The van der Waals surface area contributed by atoms with E-state index in [4.69, 9.17) is 16.3 Å². The highest BCUT2D eigenvalue weighted by atomic mass is 35.5. The summed E-state index contributed by atoms with van der Waals surface area (Å²) in [4.78, 5) is 34.7. The third-order valence-electron chi connectivity index (χ3n) is 6.04. The van der Waals surface area contributed by atoms with E-state index in [1.165, 1.54) is 32.7 Å². The number of halogens is 1. The summed E-state index contributed by atoms with van der Waals surface area (Å²) in [6.07, 6.45) is 3.83. The maximum absolute atomic E-state index is 12.5. The van der Waals surface area contributed by atoms with E-state index in [1.807, 2.05) is 18.2 Å². The summed E-state index contributed by atoms with van der Waals surface area (Å²) in [7, 11) is 1.63. The van der Waals surface area contributed by atoms with E-state index in [-0.39, 0.29) is 23.9 Å². The van der Waals surface area contributed by atoms with Gasteiger partial charge in [0.1, 0.15) is 6.33 Å². The minimum absolute atomic E-state index is 0.0739. The minimum atomic E-state index is -0.356. The quantitative estimate of drug-likeness (QED) is 0.456. The summed E-state index contributed by atoms with van der Waals surface area (Å²) in [6.45, 7) is 4.58. The van der Waals surface area contributed by atoms with Gasteiger partial charge in [0.25, 0.3) is 5.56 Å². The van der Waals surface area contributed by atoms with Crippen LogP contribution in [0.15, 0.2) is 46.4 Å². The van der Waals surface area contributed by atoms with Gasteiger partial charge >= 0.3 is 5.69 Å². The molecule has 1 unspecified atom stereocenters. The van der Waals surface area contributed by atoms with Gasteiger partial charge in [0.05, 0.1) is 35.2 Å². The maximum Gasteiger partial charge on any atom is 0.331 e. The van der Waals surface area contributed by atoms with Crippen LogP contribution in [-0.4, -0.2) is 44.9 Å². The number of aromatic nitrogens is 4. The standard InChI is InChI=1S/C24H24ClN5O3S/c1-14-7-15(25)8-19(18(14)9-16-11-26-4-6-33-16)22-23-20(27-13-28-22)10-17(34-23)12-30-21(31)3-5-29(2)24(30)32/h3,5,7-8,10,13,16,26H,4,6,9,11-12H2,1-2H3. The average Bonchev–Trinajstić information content (AvgIpc) is 3.24. The fraction of sp³-hybridized carbons (Fsp3) is 0.333. The van der Waals surface area contributed by atoms with Crippen LogP contribution >= 0.6 is 22.9 Å². The van der Waals surface area contributed by atoms with Crippen LogP contribution in [0.3, 0.4) is 0 Å². The number of thiophene rings is 1. The van der Waals surface area contributed by atoms with E-state index in [0.29, 0.717) is 11.6 Å². The average molecular weight is 498 g/mol. The molecule has 0 amide bonds. The molecule has 0 saturated carbocycles. The van der Waals surface area contributed by atoms with Crippen LogP contribution in [0.4, 0.5) is 0 Å². The molecule has 8 nitrogen and oxygen atoms in total. The van der Waals surface area contributed by atoms with E-state index < -0.39 is 0 Å². The first-order chi connectivity index (χ1) is 16.4. The number of aryl methyl sites for hydroxylation is 2. The Kier molecular flexibility index (Phi) is 6.35. The highest BCUT2D eigenvalue weighted by Gasteiger charge is 2.21. The Morgan fingerprint density at radius 2 is 2.12 bits per heavy atom. The van der Waals surface area contributed by atoms with Gasteiger partial charge in [0, 0.05) is 54.3 Å². The van der Waals surface area contributed by atoms with Crippen molar-refractivity contribution in [2.45, 2.75) is 26.0 Å². The van der Waals surface area contributed by atoms with Gasteiger partial charge in [-0.05, 0) is 36.2 Å². The molecule has 34 heavy (non-hydrogen) atoms. The summed E-state index contributed by atoms with van der Waals surface area (Å²) < 4.78 is 9.47. The molecular weight excluding hydrogens is 474 g/mol. The van der Waals surface area contributed by atoms with Gasteiger partial charge in [0.15, 0.2) is 0 Å². The van der Waals surface area contributed by atoms with Crippen molar-refractivity contribution in [2.24, 2.45) is 7.05 Å². The molecule has 3 aromatic heterocycles. The summed E-state index contributed by atoms with van der Waals surface area (Å²) in [5.41, 5.74) is 4.04.